The molecule has 2 aromatic rings. The van der Waals surface area contributed by atoms with Gasteiger partial charge in [0.15, 0.2) is 5.82 Å². The maximum absolute atomic E-state index is 13.4. The fraction of sp³-hybridized carbons (Fsp3) is 0.375. The van der Waals surface area contributed by atoms with Crippen LogP contribution in [0.25, 0.3) is 11.4 Å². The van der Waals surface area contributed by atoms with Crippen LogP contribution in [0.5, 0.6) is 0 Å². The second kappa shape index (κ2) is 5.57. The minimum Gasteiger partial charge on any atom is -0.373 e. The number of rotatable bonds is 2. The monoisotopic (exact) mass is 271 g/mol. The molecular formula is C16H18FN3. The van der Waals surface area contributed by atoms with Crippen LogP contribution in [-0.2, 0) is 12.8 Å². The Bertz CT molecular complexity index is 625. The van der Waals surface area contributed by atoms with E-state index in [1.807, 2.05) is 13.1 Å². The fourth-order valence-electron chi connectivity index (χ4n) is 2.73. The first-order valence-electron chi connectivity index (χ1n) is 7.11. The summed E-state index contributed by atoms with van der Waals surface area (Å²) in [6.07, 6.45) is 5.58. The summed E-state index contributed by atoms with van der Waals surface area (Å²) in [4.78, 5) is 9.24. The lowest BCUT2D eigenvalue weighted by Crippen LogP contribution is -2.07. The lowest BCUT2D eigenvalue weighted by atomic mass is 10.1. The van der Waals surface area contributed by atoms with Gasteiger partial charge in [-0.25, -0.2) is 14.4 Å². The molecule has 0 saturated carbocycles. The van der Waals surface area contributed by atoms with E-state index in [0.29, 0.717) is 5.82 Å². The molecule has 0 aliphatic heterocycles. The summed E-state index contributed by atoms with van der Waals surface area (Å²) in [5.74, 6) is 1.23. The van der Waals surface area contributed by atoms with Crippen LogP contribution in [0.4, 0.5) is 10.2 Å². The van der Waals surface area contributed by atoms with E-state index in [-0.39, 0.29) is 5.82 Å². The van der Waals surface area contributed by atoms with Gasteiger partial charge in [0.2, 0.25) is 0 Å². The van der Waals surface area contributed by atoms with Gasteiger partial charge in [-0.2, -0.15) is 0 Å². The van der Waals surface area contributed by atoms with Gasteiger partial charge in [0.25, 0.3) is 0 Å². The van der Waals surface area contributed by atoms with Crippen LogP contribution in [0, 0.1) is 5.82 Å². The molecule has 0 fully saturated rings. The van der Waals surface area contributed by atoms with Crippen LogP contribution >= 0.6 is 0 Å². The smallest absolute Gasteiger partial charge is 0.161 e. The summed E-state index contributed by atoms with van der Waals surface area (Å²) in [6.45, 7) is 0. The van der Waals surface area contributed by atoms with Crippen molar-refractivity contribution < 1.29 is 4.39 Å². The van der Waals surface area contributed by atoms with Crippen molar-refractivity contribution >= 4 is 5.82 Å². The number of halogens is 1. The van der Waals surface area contributed by atoms with Crippen molar-refractivity contribution in [3.8, 4) is 11.4 Å². The number of anilines is 1. The number of hydrogen-bond donors (Lipinski definition) is 1. The molecule has 1 aromatic carbocycles. The molecule has 1 N–H and O–H groups in total. The van der Waals surface area contributed by atoms with Crippen LogP contribution < -0.4 is 5.32 Å². The minimum absolute atomic E-state index is 0.257. The SMILES string of the molecule is CNc1nc(-c2cccc(F)c2)nc2c1CCCCC2. The summed E-state index contributed by atoms with van der Waals surface area (Å²) in [5, 5.41) is 3.16. The second-order valence-electron chi connectivity index (χ2n) is 5.14. The van der Waals surface area contributed by atoms with Crippen molar-refractivity contribution in [3.05, 3.63) is 41.3 Å². The highest BCUT2D eigenvalue weighted by Crippen LogP contribution is 2.27. The third-order valence-corrected chi connectivity index (χ3v) is 3.75. The van der Waals surface area contributed by atoms with Crippen molar-refractivity contribution in [3.63, 3.8) is 0 Å². The second-order valence-corrected chi connectivity index (χ2v) is 5.14. The normalized spacial score (nSPS) is 14.5. The third-order valence-electron chi connectivity index (χ3n) is 3.75. The molecule has 3 nitrogen and oxygen atoms in total. The van der Waals surface area contributed by atoms with Crippen molar-refractivity contribution in [2.45, 2.75) is 32.1 Å². The molecule has 0 saturated heterocycles. The van der Waals surface area contributed by atoms with Crippen molar-refractivity contribution in [1.29, 1.82) is 0 Å². The number of nitrogens with zero attached hydrogens (tertiary/aromatic N) is 2. The molecule has 104 valence electrons. The Labute approximate surface area is 118 Å². The highest BCUT2D eigenvalue weighted by Gasteiger charge is 2.16. The maximum atomic E-state index is 13.4. The molecule has 1 aliphatic rings. The van der Waals surface area contributed by atoms with E-state index in [9.17, 15) is 4.39 Å². The van der Waals surface area contributed by atoms with Crippen molar-refractivity contribution in [2.75, 3.05) is 12.4 Å². The van der Waals surface area contributed by atoms with E-state index in [4.69, 9.17) is 0 Å². The van der Waals surface area contributed by atoms with Gasteiger partial charge in [-0.05, 0) is 37.8 Å². The third kappa shape index (κ3) is 2.50. The fourth-order valence-corrected chi connectivity index (χ4v) is 2.73. The van der Waals surface area contributed by atoms with Crippen LogP contribution in [0.2, 0.25) is 0 Å². The number of nitrogens with one attached hydrogen (secondary N) is 1. The van der Waals surface area contributed by atoms with Crippen LogP contribution in [0.15, 0.2) is 24.3 Å². The molecule has 1 aromatic heterocycles. The summed E-state index contributed by atoms with van der Waals surface area (Å²) in [5.41, 5.74) is 3.07. The number of aryl methyl sites for hydroxylation is 1. The standard InChI is InChI=1S/C16H18FN3/c1-18-16-13-8-3-2-4-9-14(13)19-15(20-16)11-6-5-7-12(17)10-11/h5-7,10H,2-4,8-9H2,1H3,(H,18,19,20). The van der Waals surface area contributed by atoms with Crippen LogP contribution in [0.1, 0.15) is 30.5 Å². The predicted molar refractivity (Wildman–Crippen MR) is 78.2 cm³/mol. The van der Waals surface area contributed by atoms with E-state index < -0.39 is 0 Å². The number of benzene rings is 1. The average molecular weight is 271 g/mol. The molecule has 0 amide bonds. The number of hydrogen-bond acceptors (Lipinski definition) is 3. The number of fused-ring (bicyclic) bond motifs is 1. The Hall–Kier alpha value is -1.97. The first kappa shape index (κ1) is 13.0. The molecule has 0 bridgehead atoms. The highest BCUT2D eigenvalue weighted by atomic mass is 19.1. The predicted octanol–water partition coefficient (Wildman–Crippen LogP) is 3.59. The van der Waals surface area contributed by atoms with Gasteiger partial charge >= 0.3 is 0 Å². The zero-order chi connectivity index (χ0) is 13.9. The maximum Gasteiger partial charge on any atom is 0.161 e. The Balaban J connectivity index is 2.11. The van der Waals surface area contributed by atoms with E-state index in [2.05, 4.69) is 15.3 Å². The molecule has 0 atom stereocenters. The average Bonchev–Trinajstić information content (AvgIpc) is 2.71. The highest BCUT2D eigenvalue weighted by molar-refractivity contribution is 5.60. The van der Waals surface area contributed by atoms with Gasteiger partial charge in [-0.1, -0.05) is 18.6 Å². The molecule has 20 heavy (non-hydrogen) atoms. The van der Waals surface area contributed by atoms with Gasteiger partial charge in [-0.15, -0.1) is 0 Å². The first-order chi connectivity index (χ1) is 9.78. The molecule has 1 aliphatic carbocycles. The summed E-state index contributed by atoms with van der Waals surface area (Å²) in [6, 6.07) is 6.46. The molecule has 4 heteroatoms. The Kier molecular flexibility index (Phi) is 3.63. The summed E-state index contributed by atoms with van der Waals surface area (Å²) < 4.78 is 13.4. The lowest BCUT2D eigenvalue weighted by molar-refractivity contribution is 0.628. The number of aromatic nitrogens is 2. The summed E-state index contributed by atoms with van der Waals surface area (Å²) in [7, 11) is 1.88. The van der Waals surface area contributed by atoms with Gasteiger partial charge in [0, 0.05) is 23.9 Å². The molecule has 0 spiro atoms. The van der Waals surface area contributed by atoms with Gasteiger partial charge < -0.3 is 5.32 Å². The Morgan fingerprint density at radius 3 is 2.75 bits per heavy atom. The quantitative estimate of drug-likeness (QED) is 0.848. The Morgan fingerprint density at radius 2 is 1.95 bits per heavy atom. The van der Waals surface area contributed by atoms with Crippen LogP contribution in [-0.4, -0.2) is 17.0 Å². The molecule has 0 radical (unpaired) electrons. The zero-order valence-corrected chi connectivity index (χ0v) is 11.6. The van der Waals surface area contributed by atoms with Gasteiger partial charge in [0.1, 0.15) is 11.6 Å². The van der Waals surface area contributed by atoms with Crippen molar-refractivity contribution in [2.24, 2.45) is 0 Å². The molecule has 3 rings (SSSR count). The van der Waals surface area contributed by atoms with E-state index in [1.54, 1.807) is 6.07 Å². The molecule has 0 unspecified atom stereocenters. The van der Waals surface area contributed by atoms with E-state index >= 15 is 0 Å². The summed E-state index contributed by atoms with van der Waals surface area (Å²) >= 11 is 0. The molecular weight excluding hydrogens is 253 g/mol. The van der Waals surface area contributed by atoms with E-state index in [0.717, 1.165) is 36.3 Å². The molecule has 1 heterocycles. The van der Waals surface area contributed by atoms with Gasteiger partial charge in [-0.3, -0.25) is 0 Å². The lowest BCUT2D eigenvalue weighted by Gasteiger charge is -2.13. The Morgan fingerprint density at radius 1 is 1.10 bits per heavy atom. The van der Waals surface area contributed by atoms with Crippen molar-refractivity contribution in [1.82, 2.24) is 9.97 Å². The van der Waals surface area contributed by atoms with E-state index in [1.165, 1.54) is 30.5 Å². The largest absolute Gasteiger partial charge is 0.373 e. The zero-order valence-electron chi connectivity index (χ0n) is 11.6. The minimum atomic E-state index is -0.257. The first-order valence-corrected chi connectivity index (χ1v) is 7.11. The topological polar surface area (TPSA) is 37.8 Å². The van der Waals surface area contributed by atoms with Gasteiger partial charge in [0.05, 0.1) is 0 Å². The van der Waals surface area contributed by atoms with Crippen LogP contribution in [0.3, 0.4) is 0 Å².